The van der Waals surface area contributed by atoms with Gasteiger partial charge in [0.05, 0.1) is 6.04 Å². The van der Waals surface area contributed by atoms with Gasteiger partial charge < -0.3 is 10.6 Å². The first-order valence-electron chi connectivity index (χ1n) is 6.84. The second-order valence-electron chi connectivity index (χ2n) is 4.81. The second-order valence-corrected chi connectivity index (χ2v) is 4.81. The second kappa shape index (κ2) is 6.85. The predicted molar refractivity (Wildman–Crippen MR) is 82.8 cm³/mol. The maximum atomic E-state index is 11.8. The number of benzene rings is 2. The number of rotatable bonds is 4. The molecular formula is C16H19N3O2. The molecule has 3 N–H and O–H groups in total. The van der Waals surface area contributed by atoms with Crippen molar-refractivity contribution in [1.29, 1.82) is 0 Å². The summed E-state index contributed by atoms with van der Waals surface area (Å²) in [6.45, 7) is 2.28. The fourth-order valence-corrected chi connectivity index (χ4v) is 2.09. The summed E-state index contributed by atoms with van der Waals surface area (Å²) in [5, 5.41) is 10.1. The lowest BCUT2D eigenvalue weighted by molar-refractivity contribution is -0.121. The largest absolute Gasteiger partial charge is 0.341 e. The third-order valence-electron chi connectivity index (χ3n) is 3.34. The van der Waals surface area contributed by atoms with Crippen LogP contribution in [0.5, 0.6) is 0 Å². The van der Waals surface area contributed by atoms with Gasteiger partial charge in [-0.25, -0.2) is 4.79 Å². The molecule has 0 aliphatic heterocycles. The number of hydrogen-bond acceptors (Lipinski definition) is 3. The maximum Gasteiger partial charge on any atom is 0.321 e. The zero-order valence-electron chi connectivity index (χ0n) is 12.1. The van der Waals surface area contributed by atoms with Gasteiger partial charge in [-0.05, 0) is 23.3 Å². The number of urea groups is 1. The molecule has 5 nitrogen and oxygen atoms in total. The first-order valence-corrected chi connectivity index (χ1v) is 6.84. The molecule has 1 atom stereocenters. The van der Waals surface area contributed by atoms with Crippen LogP contribution in [-0.2, 0) is 11.3 Å². The molecule has 3 amide bonds. The van der Waals surface area contributed by atoms with E-state index in [-0.39, 0.29) is 5.91 Å². The van der Waals surface area contributed by atoms with Gasteiger partial charge in [0.1, 0.15) is 0 Å². The van der Waals surface area contributed by atoms with Gasteiger partial charge in [-0.3, -0.25) is 10.1 Å². The number of imide groups is 1. The van der Waals surface area contributed by atoms with Gasteiger partial charge in [-0.15, -0.1) is 0 Å². The number of carbonyl (C=O) groups excluding carboxylic acids is 2. The topological polar surface area (TPSA) is 70.2 Å². The molecule has 0 aliphatic rings. The average Bonchev–Trinajstić information content (AvgIpc) is 2.52. The summed E-state index contributed by atoms with van der Waals surface area (Å²) in [5.41, 5.74) is 1.12. The fraction of sp³-hybridized carbons (Fsp3) is 0.250. The molecule has 0 heterocycles. The summed E-state index contributed by atoms with van der Waals surface area (Å²) >= 11 is 0. The van der Waals surface area contributed by atoms with Gasteiger partial charge in [0.15, 0.2) is 0 Å². The van der Waals surface area contributed by atoms with E-state index >= 15 is 0 Å². The van der Waals surface area contributed by atoms with Crippen molar-refractivity contribution < 1.29 is 9.59 Å². The maximum absolute atomic E-state index is 11.8. The Morgan fingerprint density at radius 1 is 1.10 bits per heavy atom. The van der Waals surface area contributed by atoms with Crippen molar-refractivity contribution in [3.8, 4) is 0 Å². The van der Waals surface area contributed by atoms with Crippen molar-refractivity contribution in [2.75, 3.05) is 7.05 Å². The lowest BCUT2D eigenvalue weighted by atomic mass is 10.0. The zero-order chi connectivity index (χ0) is 15.2. The van der Waals surface area contributed by atoms with E-state index in [4.69, 9.17) is 0 Å². The Kier molecular flexibility index (Phi) is 4.90. The first-order chi connectivity index (χ1) is 10.1. The number of fused-ring (bicyclic) bond motifs is 1. The Morgan fingerprint density at radius 3 is 2.57 bits per heavy atom. The third kappa shape index (κ3) is 3.79. The van der Waals surface area contributed by atoms with Crippen LogP contribution in [0, 0.1) is 0 Å². The van der Waals surface area contributed by atoms with Crippen LogP contribution >= 0.6 is 0 Å². The van der Waals surface area contributed by atoms with Crippen LogP contribution in [0.4, 0.5) is 4.79 Å². The minimum absolute atomic E-state index is 0.352. The molecule has 110 valence electrons. The van der Waals surface area contributed by atoms with Crippen molar-refractivity contribution in [2.24, 2.45) is 0 Å². The van der Waals surface area contributed by atoms with Crippen molar-refractivity contribution in [3.05, 3.63) is 48.0 Å². The highest BCUT2D eigenvalue weighted by atomic mass is 16.2. The Bertz CT molecular complexity index is 650. The van der Waals surface area contributed by atoms with Crippen LogP contribution in [0.1, 0.15) is 12.5 Å². The highest BCUT2D eigenvalue weighted by Gasteiger charge is 2.14. The Hall–Kier alpha value is -2.40. The lowest BCUT2D eigenvalue weighted by Crippen LogP contribution is -2.47. The van der Waals surface area contributed by atoms with Crippen molar-refractivity contribution in [2.45, 2.75) is 19.5 Å². The fourth-order valence-electron chi connectivity index (χ4n) is 2.09. The van der Waals surface area contributed by atoms with Gasteiger partial charge in [0, 0.05) is 13.6 Å². The summed E-state index contributed by atoms with van der Waals surface area (Å²) < 4.78 is 0. The lowest BCUT2D eigenvalue weighted by Gasteiger charge is -2.14. The summed E-state index contributed by atoms with van der Waals surface area (Å²) in [4.78, 5) is 22.9. The molecule has 1 unspecified atom stereocenters. The minimum atomic E-state index is -0.501. The molecule has 2 aromatic rings. The molecule has 2 rings (SSSR count). The van der Waals surface area contributed by atoms with Crippen LogP contribution in [0.25, 0.3) is 10.8 Å². The van der Waals surface area contributed by atoms with E-state index in [1.807, 2.05) is 24.3 Å². The molecule has 2 aromatic carbocycles. The van der Waals surface area contributed by atoms with Gasteiger partial charge >= 0.3 is 6.03 Å². The zero-order valence-corrected chi connectivity index (χ0v) is 12.1. The molecule has 0 saturated carbocycles. The van der Waals surface area contributed by atoms with Crippen LogP contribution in [-0.4, -0.2) is 25.0 Å². The molecule has 0 aliphatic carbocycles. The summed E-state index contributed by atoms with van der Waals surface area (Å²) in [6.07, 6.45) is 0. The molecule has 21 heavy (non-hydrogen) atoms. The van der Waals surface area contributed by atoms with Crippen molar-refractivity contribution in [1.82, 2.24) is 16.0 Å². The number of amides is 3. The van der Waals surface area contributed by atoms with Crippen molar-refractivity contribution in [3.63, 3.8) is 0 Å². The van der Waals surface area contributed by atoms with E-state index in [0.29, 0.717) is 6.54 Å². The summed E-state index contributed by atoms with van der Waals surface area (Å²) in [7, 11) is 1.47. The molecular weight excluding hydrogens is 266 g/mol. The molecule has 0 spiro atoms. The minimum Gasteiger partial charge on any atom is -0.341 e. The van der Waals surface area contributed by atoms with E-state index in [0.717, 1.165) is 10.9 Å². The van der Waals surface area contributed by atoms with E-state index in [1.165, 1.54) is 12.4 Å². The Balaban J connectivity index is 2.01. The van der Waals surface area contributed by atoms with Crippen LogP contribution in [0.2, 0.25) is 0 Å². The number of carbonyl (C=O) groups is 2. The highest BCUT2D eigenvalue weighted by Crippen LogP contribution is 2.18. The monoisotopic (exact) mass is 285 g/mol. The normalized spacial score (nSPS) is 11.9. The molecule has 0 fully saturated rings. The van der Waals surface area contributed by atoms with Crippen LogP contribution < -0.4 is 16.0 Å². The quantitative estimate of drug-likeness (QED) is 0.802. The molecule has 0 aromatic heterocycles. The molecule has 0 radical (unpaired) electrons. The summed E-state index contributed by atoms with van der Waals surface area (Å²) in [6, 6.07) is 13.2. The van der Waals surface area contributed by atoms with E-state index in [1.54, 1.807) is 6.92 Å². The van der Waals surface area contributed by atoms with Gasteiger partial charge in [-0.1, -0.05) is 42.5 Å². The van der Waals surface area contributed by atoms with Gasteiger partial charge in [0.2, 0.25) is 5.91 Å². The molecule has 0 bridgehead atoms. The van der Waals surface area contributed by atoms with E-state index < -0.39 is 12.1 Å². The number of hydrogen-bond donors (Lipinski definition) is 3. The standard InChI is InChI=1S/C16H19N3O2/c1-11(15(20)19-16(21)17-2)18-10-13-8-5-7-12-6-3-4-9-14(12)13/h3-9,11,18H,10H2,1-2H3,(H2,17,19,20,21). The SMILES string of the molecule is CNC(=O)NC(=O)C(C)NCc1cccc2ccccc12. The van der Waals surface area contributed by atoms with Gasteiger partial charge in [0.25, 0.3) is 0 Å². The molecule has 0 saturated heterocycles. The van der Waals surface area contributed by atoms with E-state index in [9.17, 15) is 9.59 Å². The van der Waals surface area contributed by atoms with Crippen LogP contribution in [0.15, 0.2) is 42.5 Å². The van der Waals surface area contributed by atoms with Crippen molar-refractivity contribution >= 4 is 22.7 Å². The van der Waals surface area contributed by atoms with Gasteiger partial charge in [-0.2, -0.15) is 0 Å². The molecule has 5 heteroatoms. The Labute approximate surface area is 123 Å². The smallest absolute Gasteiger partial charge is 0.321 e. The number of nitrogens with one attached hydrogen (secondary N) is 3. The average molecular weight is 285 g/mol. The first kappa shape index (κ1) is 15.0. The highest BCUT2D eigenvalue weighted by molar-refractivity contribution is 5.96. The van der Waals surface area contributed by atoms with Crippen LogP contribution in [0.3, 0.4) is 0 Å². The summed E-state index contributed by atoms with van der Waals surface area (Å²) in [5.74, 6) is -0.352. The van der Waals surface area contributed by atoms with E-state index in [2.05, 4.69) is 34.1 Å². The predicted octanol–water partition coefficient (Wildman–Crippen LogP) is 1.77. The third-order valence-corrected chi connectivity index (χ3v) is 3.34. The Morgan fingerprint density at radius 2 is 1.81 bits per heavy atom.